The number of aryl methyl sites for hydroxylation is 3. The van der Waals surface area contributed by atoms with Crippen LogP contribution in [0.1, 0.15) is 168 Å². The molecule has 0 unspecified atom stereocenters. The Balaban J connectivity index is 0.000000108. The summed E-state index contributed by atoms with van der Waals surface area (Å²) in [5.74, 6) is 7.47. The molecule has 60 heavy (non-hydrogen) atoms. The Morgan fingerprint density at radius 3 is 0.950 bits per heavy atom. The van der Waals surface area contributed by atoms with Crippen LogP contribution in [0.2, 0.25) is 0 Å². The maximum Gasteiger partial charge on any atom is 0.115 e. The zero-order valence-corrected chi connectivity index (χ0v) is 36.5. The van der Waals surface area contributed by atoms with Gasteiger partial charge in [-0.25, -0.2) is 0 Å². The van der Waals surface area contributed by atoms with E-state index < -0.39 is 0 Å². The number of aliphatic hydroxyl groups excluding tert-OH is 3. The van der Waals surface area contributed by atoms with Crippen molar-refractivity contribution in [2.45, 2.75) is 172 Å². The minimum Gasteiger partial charge on any atom is -0.508 e. The van der Waals surface area contributed by atoms with E-state index in [4.69, 9.17) is 0 Å². The van der Waals surface area contributed by atoms with Crippen molar-refractivity contribution in [3.63, 3.8) is 0 Å². The van der Waals surface area contributed by atoms with Gasteiger partial charge in [0.1, 0.15) is 17.2 Å². The van der Waals surface area contributed by atoms with Gasteiger partial charge in [-0.2, -0.15) is 0 Å². The molecule has 0 spiro atoms. The molecule has 3 aromatic rings. The topological polar surface area (TPSA) is 121 Å². The van der Waals surface area contributed by atoms with Crippen molar-refractivity contribution in [1.29, 1.82) is 0 Å². The fourth-order valence-electron chi connectivity index (χ4n) is 16.6. The second-order valence-corrected chi connectivity index (χ2v) is 22.3. The summed E-state index contributed by atoms with van der Waals surface area (Å²) in [6.45, 7) is 6.95. The van der Waals surface area contributed by atoms with Crippen LogP contribution in [0.3, 0.4) is 0 Å². The molecule has 9 aliphatic rings. The van der Waals surface area contributed by atoms with Crippen LogP contribution in [0.5, 0.6) is 17.2 Å². The fourth-order valence-corrected chi connectivity index (χ4v) is 16.6. The van der Waals surface area contributed by atoms with Crippen molar-refractivity contribution >= 4 is 0 Å². The van der Waals surface area contributed by atoms with E-state index in [9.17, 15) is 30.6 Å². The molecule has 0 radical (unpaired) electrons. The Labute approximate surface area is 358 Å². The summed E-state index contributed by atoms with van der Waals surface area (Å²) < 4.78 is 0. The van der Waals surface area contributed by atoms with Crippen LogP contribution in [0.4, 0.5) is 0 Å². The third-order valence-electron chi connectivity index (χ3n) is 20.0. The average molecular weight is 817 g/mol. The first-order valence-electron chi connectivity index (χ1n) is 24.3. The van der Waals surface area contributed by atoms with Gasteiger partial charge < -0.3 is 30.6 Å². The van der Waals surface area contributed by atoms with Gasteiger partial charge in [0.2, 0.25) is 0 Å². The number of phenolic OH excluding ortho intramolecular Hbond substituents is 3. The SMILES string of the molecule is C[C@]12CC[C@@H]3c4ccc(O)cc4CC[C@H]3[C@@H]1CC[C@@H]2O.C[C@]12CC[C@@H]3c4ccc(O)cc4CC[C@H]3[C@@H]1CC[C@@H]2O.C[C@]12CC[C@@H]3c4ccc(O)cc4CC[C@H]3[C@@H]1CC[C@@H]2O. The largest absolute Gasteiger partial charge is 0.508 e. The highest BCUT2D eigenvalue weighted by molar-refractivity contribution is 5.42. The van der Waals surface area contributed by atoms with E-state index >= 15 is 0 Å². The van der Waals surface area contributed by atoms with E-state index in [-0.39, 0.29) is 34.6 Å². The van der Waals surface area contributed by atoms with Crippen molar-refractivity contribution in [2.75, 3.05) is 0 Å². The molecule has 0 amide bonds. The predicted molar refractivity (Wildman–Crippen MR) is 236 cm³/mol. The van der Waals surface area contributed by atoms with Crippen molar-refractivity contribution in [2.24, 2.45) is 51.8 Å². The third kappa shape index (κ3) is 6.57. The molecule has 0 aromatic heterocycles. The zero-order valence-electron chi connectivity index (χ0n) is 36.5. The number of aromatic hydroxyl groups is 3. The summed E-state index contributed by atoms with van der Waals surface area (Å²) in [6, 6.07) is 17.9. The minimum absolute atomic E-state index is 0.0883. The van der Waals surface area contributed by atoms with Crippen LogP contribution in [0.25, 0.3) is 0 Å². The first-order chi connectivity index (χ1) is 28.8. The summed E-state index contributed by atoms with van der Waals surface area (Å²) in [5, 5.41) is 60.1. The van der Waals surface area contributed by atoms with E-state index in [2.05, 4.69) is 39.0 Å². The summed E-state index contributed by atoms with van der Waals surface area (Å²) in [4.78, 5) is 0. The lowest BCUT2D eigenvalue weighted by molar-refractivity contribution is -0.0226. The van der Waals surface area contributed by atoms with E-state index in [1.807, 2.05) is 36.4 Å². The van der Waals surface area contributed by atoms with Gasteiger partial charge in [-0.1, -0.05) is 39.0 Å². The number of hydrogen-bond donors (Lipinski definition) is 6. The lowest BCUT2D eigenvalue weighted by Crippen LogP contribution is -2.43. The highest BCUT2D eigenvalue weighted by atomic mass is 16.3. The molecule has 3 aromatic carbocycles. The van der Waals surface area contributed by atoms with Crippen LogP contribution in [-0.4, -0.2) is 49.0 Å². The predicted octanol–water partition coefficient (Wildman–Crippen LogP) is 10.8. The van der Waals surface area contributed by atoms with Gasteiger partial charge in [0.15, 0.2) is 0 Å². The summed E-state index contributed by atoms with van der Waals surface area (Å²) in [6.07, 6.45) is 20.3. The Hall–Kier alpha value is -3.06. The minimum atomic E-state index is -0.0883. The van der Waals surface area contributed by atoms with Crippen molar-refractivity contribution in [3.05, 3.63) is 88.0 Å². The third-order valence-corrected chi connectivity index (χ3v) is 20.0. The second kappa shape index (κ2) is 15.3. The Morgan fingerprint density at radius 2 is 0.667 bits per heavy atom. The molecule has 0 saturated heterocycles. The smallest absolute Gasteiger partial charge is 0.115 e. The van der Waals surface area contributed by atoms with Crippen molar-refractivity contribution in [1.82, 2.24) is 0 Å². The normalized spacial score (nSPS) is 42.7. The van der Waals surface area contributed by atoms with Gasteiger partial charge in [-0.05, 0) is 255 Å². The summed E-state index contributed by atoms with van der Waals surface area (Å²) >= 11 is 0. The van der Waals surface area contributed by atoms with Crippen molar-refractivity contribution in [3.8, 4) is 17.2 Å². The van der Waals surface area contributed by atoms with Crippen molar-refractivity contribution < 1.29 is 30.6 Å². The quantitative estimate of drug-likeness (QED) is 0.134. The fraction of sp³-hybridized carbons (Fsp3) is 0.667. The van der Waals surface area contributed by atoms with Gasteiger partial charge in [0.05, 0.1) is 18.3 Å². The van der Waals surface area contributed by atoms with Gasteiger partial charge in [-0.15, -0.1) is 0 Å². The average Bonchev–Trinajstić information content (AvgIpc) is 3.85. The standard InChI is InChI=1S/3C18H24O2/c3*1-18-9-8-14-13-5-3-12(19)10-11(13)2-4-15(14)16(18)6-7-17(18)20/h3*3,5,10,14-17,19-20H,2,4,6-9H2,1H3/t3*14-,15-,16+,17+,18+/m111/s1. The number of aliphatic hydroxyl groups is 3. The lowest BCUT2D eigenvalue weighted by Gasteiger charge is -2.50. The molecule has 12 rings (SSSR count). The second-order valence-electron chi connectivity index (χ2n) is 22.3. The highest BCUT2D eigenvalue weighted by Gasteiger charge is 2.57. The molecular weight excluding hydrogens is 745 g/mol. The summed E-state index contributed by atoms with van der Waals surface area (Å²) in [5.41, 5.74) is 8.98. The van der Waals surface area contributed by atoms with Gasteiger partial charge in [0, 0.05) is 0 Å². The van der Waals surface area contributed by atoms with E-state index in [0.717, 1.165) is 75.5 Å². The summed E-state index contributed by atoms with van der Waals surface area (Å²) in [7, 11) is 0. The van der Waals surface area contributed by atoms with Gasteiger partial charge in [-0.3, -0.25) is 0 Å². The number of benzene rings is 3. The first-order valence-corrected chi connectivity index (χ1v) is 24.3. The number of phenols is 3. The van der Waals surface area contributed by atoms with Crippen LogP contribution in [0.15, 0.2) is 54.6 Å². The van der Waals surface area contributed by atoms with Gasteiger partial charge >= 0.3 is 0 Å². The molecule has 6 saturated carbocycles. The molecular formula is C54H72O6. The molecule has 9 aliphatic carbocycles. The van der Waals surface area contributed by atoms with E-state index in [0.29, 0.717) is 52.8 Å². The van der Waals surface area contributed by atoms with Crippen LogP contribution in [-0.2, 0) is 19.3 Å². The molecule has 0 aliphatic heterocycles. The number of hydrogen-bond acceptors (Lipinski definition) is 6. The lowest BCUT2D eigenvalue weighted by atomic mass is 9.55. The van der Waals surface area contributed by atoms with Crippen LogP contribution >= 0.6 is 0 Å². The molecule has 15 atom stereocenters. The van der Waals surface area contributed by atoms with Crippen LogP contribution in [0, 0.1) is 51.8 Å². The highest BCUT2D eigenvalue weighted by Crippen LogP contribution is 2.63. The van der Waals surface area contributed by atoms with Gasteiger partial charge in [0.25, 0.3) is 0 Å². The zero-order chi connectivity index (χ0) is 41.7. The Bertz CT molecular complexity index is 1850. The maximum atomic E-state index is 10.4. The molecule has 6 heteroatoms. The molecule has 324 valence electrons. The monoisotopic (exact) mass is 817 g/mol. The van der Waals surface area contributed by atoms with E-state index in [1.165, 1.54) is 91.2 Å². The molecule has 6 N–H and O–H groups in total. The first kappa shape index (κ1) is 41.0. The van der Waals surface area contributed by atoms with E-state index in [1.54, 1.807) is 0 Å². The molecule has 6 fully saturated rings. The Kier molecular flexibility index (Phi) is 10.5. The van der Waals surface area contributed by atoms with Crippen LogP contribution < -0.4 is 0 Å². The Morgan fingerprint density at radius 1 is 0.383 bits per heavy atom. The number of rotatable bonds is 0. The number of fused-ring (bicyclic) bond motifs is 15. The molecule has 6 nitrogen and oxygen atoms in total. The maximum absolute atomic E-state index is 10.4. The molecule has 0 bridgehead atoms. The molecule has 0 heterocycles.